The van der Waals surface area contributed by atoms with Gasteiger partial charge in [-0.2, -0.15) is 4.72 Å². The number of methoxy groups -OCH3 is 1. The summed E-state index contributed by atoms with van der Waals surface area (Å²) in [7, 11) is -2.24. The van der Waals surface area contributed by atoms with E-state index in [1.54, 1.807) is 0 Å². The molecule has 20 heavy (non-hydrogen) atoms. The lowest BCUT2D eigenvalue weighted by Gasteiger charge is -2.14. The highest BCUT2D eigenvalue weighted by atomic mass is 35.5. The number of amides is 1. The van der Waals surface area contributed by atoms with E-state index in [1.165, 1.54) is 38.3 Å². The average Bonchev–Trinajstić information content (AvgIpc) is 2.38. The highest BCUT2D eigenvalue weighted by Gasteiger charge is 2.21. The van der Waals surface area contributed by atoms with E-state index in [9.17, 15) is 13.2 Å². The molecule has 0 bridgehead atoms. The number of benzene rings is 1. The number of carbonyl (C=O) groups excluding carboxylic acids is 1. The fourth-order valence-electron chi connectivity index (χ4n) is 1.40. The Balaban J connectivity index is 2.66. The standard InChI is InChI=1S/C12H17ClN2O4S/c1-9(12(16)14-7-8-19-2)15-20(17,18)11-5-3-10(13)4-6-11/h3-6,9,15H,7-8H2,1-2H3,(H,14,16)/t9-/m0/s1. The molecule has 0 heterocycles. The molecular formula is C12H17ClN2O4S. The molecule has 0 spiro atoms. The van der Waals surface area contributed by atoms with Crippen LogP contribution < -0.4 is 10.0 Å². The highest BCUT2D eigenvalue weighted by Crippen LogP contribution is 2.14. The van der Waals surface area contributed by atoms with Crippen LogP contribution in [0.15, 0.2) is 29.2 Å². The van der Waals surface area contributed by atoms with Gasteiger partial charge in [-0.25, -0.2) is 8.42 Å². The van der Waals surface area contributed by atoms with Crippen LogP contribution in [0.25, 0.3) is 0 Å². The minimum absolute atomic E-state index is 0.0541. The third-order valence-corrected chi connectivity index (χ3v) is 4.26. The molecule has 1 aromatic carbocycles. The van der Waals surface area contributed by atoms with Crippen molar-refractivity contribution in [3.8, 4) is 0 Å². The van der Waals surface area contributed by atoms with Crippen LogP contribution >= 0.6 is 11.6 Å². The molecule has 8 heteroatoms. The van der Waals surface area contributed by atoms with Gasteiger partial charge >= 0.3 is 0 Å². The van der Waals surface area contributed by atoms with Gasteiger partial charge < -0.3 is 10.1 Å². The number of nitrogens with one attached hydrogen (secondary N) is 2. The normalized spacial score (nSPS) is 12.9. The molecule has 0 saturated carbocycles. The molecule has 0 fully saturated rings. The summed E-state index contributed by atoms with van der Waals surface area (Å²) in [6.45, 7) is 2.15. The molecule has 0 saturated heterocycles. The van der Waals surface area contributed by atoms with E-state index in [0.29, 0.717) is 18.2 Å². The van der Waals surface area contributed by atoms with Crippen LogP contribution in [0.4, 0.5) is 0 Å². The van der Waals surface area contributed by atoms with Crippen molar-refractivity contribution in [2.24, 2.45) is 0 Å². The minimum atomic E-state index is -3.75. The number of hydrogen-bond donors (Lipinski definition) is 2. The van der Waals surface area contributed by atoms with Crippen molar-refractivity contribution in [1.82, 2.24) is 10.0 Å². The van der Waals surface area contributed by atoms with Crippen molar-refractivity contribution < 1.29 is 17.9 Å². The van der Waals surface area contributed by atoms with E-state index in [-0.39, 0.29) is 4.90 Å². The van der Waals surface area contributed by atoms with Gasteiger partial charge in [0.05, 0.1) is 17.5 Å². The minimum Gasteiger partial charge on any atom is -0.383 e. The summed E-state index contributed by atoms with van der Waals surface area (Å²) >= 11 is 5.70. The molecule has 6 nitrogen and oxygen atoms in total. The molecule has 1 aromatic rings. The van der Waals surface area contributed by atoms with E-state index in [0.717, 1.165) is 0 Å². The van der Waals surface area contributed by atoms with Crippen LogP contribution in [0.5, 0.6) is 0 Å². The van der Waals surface area contributed by atoms with Gasteiger partial charge in [0.15, 0.2) is 0 Å². The van der Waals surface area contributed by atoms with E-state index < -0.39 is 22.0 Å². The van der Waals surface area contributed by atoms with Gasteiger partial charge in [-0.05, 0) is 31.2 Å². The smallest absolute Gasteiger partial charge is 0.241 e. The molecule has 0 aliphatic carbocycles. The summed E-state index contributed by atoms with van der Waals surface area (Å²) in [5, 5.41) is 2.99. The van der Waals surface area contributed by atoms with Gasteiger partial charge in [0.1, 0.15) is 0 Å². The summed E-state index contributed by atoms with van der Waals surface area (Å²) in [5.74, 6) is -0.417. The van der Waals surface area contributed by atoms with E-state index in [2.05, 4.69) is 10.0 Å². The Hall–Kier alpha value is -1.15. The maximum absolute atomic E-state index is 12.0. The number of halogens is 1. The lowest BCUT2D eigenvalue weighted by Crippen LogP contribution is -2.45. The molecule has 1 rings (SSSR count). The predicted molar refractivity (Wildman–Crippen MR) is 76.1 cm³/mol. The number of carbonyl (C=O) groups is 1. The number of sulfonamides is 1. The number of rotatable bonds is 7. The summed E-state index contributed by atoms with van der Waals surface area (Å²) in [4.78, 5) is 11.7. The van der Waals surface area contributed by atoms with Gasteiger partial charge in [0.25, 0.3) is 0 Å². The third kappa shape index (κ3) is 5.09. The lowest BCUT2D eigenvalue weighted by molar-refractivity contribution is -0.122. The molecule has 1 amide bonds. The second-order valence-electron chi connectivity index (χ2n) is 4.08. The zero-order valence-corrected chi connectivity index (χ0v) is 12.8. The van der Waals surface area contributed by atoms with Crippen LogP contribution in [-0.4, -0.2) is 40.6 Å². The zero-order valence-electron chi connectivity index (χ0n) is 11.2. The van der Waals surface area contributed by atoms with E-state index >= 15 is 0 Å². The fraction of sp³-hybridized carbons (Fsp3) is 0.417. The van der Waals surface area contributed by atoms with E-state index in [1.807, 2.05) is 0 Å². The largest absolute Gasteiger partial charge is 0.383 e. The Morgan fingerprint density at radius 3 is 2.50 bits per heavy atom. The summed E-state index contributed by atoms with van der Waals surface area (Å²) in [6, 6.07) is 4.81. The highest BCUT2D eigenvalue weighted by molar-refractivity contribution is 7.89. The van der Waals surface area contributed by atoms with Crippen molar-refractivity contribution in [3.63, 3.8) is 0 Å². The van der Waals surface area contributed by atoms with Crippen LogP contribution in [-0.2, 0) is 19.6 Å². The average molecular weight is 321 g/mol. The van der Waals surface area contributed by atoms with Gasteiger partial charge in [-0.3, -0.25) is 4.79 Å². The molecular weight excluding hydrogens is 304 g/mol. The summed E-state index contributed by atoms with van der Waals surface area (Å²) < 4.78 is 31.1. The first-order chi connectivity index (χ1) is 9.36. The monoisotopic (exact) mass is 320 g/mol. The molecule has 0 unspecified atom stereocenters. The lowest BCUT2D eigenvalue weighted by atomic mass is 10.3. The maximum Gasteiger partial charge on any atom is 0.241 e. The Bertz CT molecular complexity index is 545. The van der Waals surface area contributed by atoms with Crippen LogP contribution in [0.1, 0.15) is 6.92 Å². The van der Waals surface area contributed by atoms with Crippen molar-refractivity contribution in [2.75, 3.05) is 20.3 Å². The van der Waals surface area contributed by atoms with Crippen molar-refractivity contribution in [2.45, 2.75) is 17.9 Å². The summed E-state index contributed by atoms with van der Waals surface area (Å²) in [6.07, 6.45) is 0. The second-order valence-corrected chi connectivity index (χ2v) is 6.23. The van der Waals surface area contributed by atoms with Crippen LogP contribution in [0.2, 0.25) is 5.02 Å². The van der Waals surface area contributed by atoms with Gasteiger partial charge in [-0.15, -0.1) is 0 Å². The number of hydrogen-bond acceptors (Lipinski definition) is 4. The molecule has 2 N–H and O–H groups in total. The van der Waals surface area contributed by atoms with Gasteiger partial charge in [-0.1, -0.05) is 11.6 Å². The van der Waals surface area contributed by atoms with Crippen molar-refractivity contribution in [3.05, 3.63) is 29.3 Å². The predicted octanol–water partition coefficient (Wildman–Crippen LogP) is 0.769. The van der Waals surface area contributed by atoms with Crippen molar-refractivity contribution >= 4 is 27.5 Å². The molecule has 112 valence electrons. The third-order valence-electron chi connectivity index (χ3n) is 2.45. The zero-order chi connectivity index (χ0) is 15.2. The van der Waals surface area contributed by atoms with Gasteiger partial charge in [0, 0.05) is 18.7 Å². The molecule has 0 aliphatic heterocycles. The second kappa shape index (κ2) is 7.58. The first-order valence-electron chi connectivity index (χ1n) is 5.91. The van der Waals surface area contributed by atoms with E-state index in [4.69, 9.17) is 16.3 Å². The quantitative estimate of drug-likeness (QED) is 0.727. The van der Waals surface area contributed by atoms with Crippen molar-refractivity contribution in [1.29, 1.82) is 0 Å². The Morgan fingerprint density at radius 1 is 1.35 bits per heavy atom. The molecule has 0 radical (unpaired) electrons. The number of ether oxygens (including phenoxy) is 1. The SMILES string of the molecule is COCCNC(=O)[C@H](C)NS(=O)(=O)c1ccc(Cl)cc1. The Kier molecular flexibility index (Phi) is 6.41. The molecule has 0 aromatic heterocycles. The maximum atomic E-state index is 12.0. The molecule has 0 aliphatic rings. The topological polar surface area (TPSA) is 84.5 Å². The first kappa shape index (κ1) is 16.9. The van der Waals surface area contributed by atoms with Crippen LogP contribution in [0.3, 0.4) is 0 Å². The Labute approximate surface area is 123 Å². The molecule has 1 atom stereocenters. The first-order valence-corrected chi connectivity index (χ1v) is 7.77. The van der Waals surface area contributed by atoms with Crippen LogP contribution in [0, 0.1) is 0 Å². The Morgan fingerprint density at radius 2 is 1.95 bits per heavy atom. The van der Waals surface area contributed by atoms with Gasteiger partial charge in [0.2, 0.25) is 15.9 Å². The summed E-state index contributed by atoms with van der Waals surface area (Å²) in [5.41, 5.74) is 0. The fourth-order valence-corrected chi connectivity index (χ4v) is 2.73.